The van der Waals surface area contributed by atoms with Gasteiger partial charge >= 0.3 is 26.2 Å². The van der Waals surface area contributed by atoms with E-state index < -0.39 is 0 Å². The Labute approximate surface area is 182 Å². The van der Waals surface area contributed by atoms with Crippen molar-refractivity contribution >= 4 is 21.5 Å². The molecule has 0 amide bonds. The number of hydrogen-bond acceptors (Lipinski definition) is 0. The van der Waals surface area contributed by atoms with Crippen molar-refractivity contribution in [3.63, 3.8) is 0 Å². The van der Waals surface area contributed by atoms with Crippen LogP contribution < -0.4 is 24.8 Å². The molecule has 0 N–H and O–H groups in total. The summed E-state index contributed by atoms with van der Waals surface area (Å²) in [5.74, 6) is 0.560. The molecule has 4 rings (SSSR count). The van der Waals surface area contributed by atoms with E-state index in [1.165, 1.54) is 38.3 Å². The van der Waals surface area contributed by atoms with Gasteiger partial charge in [0, 0.05) is 0 Å². The van der Waals surface area contributed by atoms with Gasteiger partial charge in [-0.25, -0.2) is 5.57 Å². The van der Waals surface area contributed by atoms with E-state index in [2.05, 4.69) is 88.4 Å². The Bertz CT molecular complexity index is 837. The van der Waals surface area contributed by atoms with Gasteiger partial charge in [0.25, 0.3) is 0 Å². The normalized spacial score (nSPS) is 15.5. The molecule has 0 saturated heterocycles. The molecule has 0 radical (unpaired) electrons. The zero-order valence-electron chi connectivity index (χ0n) is 15.0. The molecule has 0 nitrogen and oxygen atoms in total. The summed E-state index contributed by atoms with van der Waals surface area (Å²) in [6.45, 7) is 8.67. The molecule has 0 spiro atoms. The Morgan fingerprint density at radius 3 is 1.56 bits per heavy atom. The summed E-state index contributed by atoms with van der Waals surface area (Å²) < 4.78 is 0. The van der Waals surface area contributed by atoms with Crippen LogP contribution in [-0.4, -0.2) is 0 Å². The third-order valence-electron chi connectivity index (χ3n) is 4.76. The molecule has 0 heterocycles. The minimum atomic E-state index is 0. The summed E-state index contributed by atoms with van der Waals surface area (Å²) in [4.78, 5) is 0. The molecule has 128 valence electrons. The summed E-state index contributed by atoms with van der Waals surface area (Å²) in [5, 5.41) is 5.39. The van der Waals surface area contributed by atoms with E-state index in [0.717, 1.165) is 0 Å². The first-order valence-electron chi connectivity index (χ1n) is 7.89. The van der Waals surface area contributed by atoms with Crippen molar-refractivity contribution in [3.8, 4) is 0 Å². The quantitative estimate of drug-likeness (QED) is 0.438. The fraction of sp³-hybridized carbons (Fsp3) is 0.227. The van der Waals surface area contributed by atoms with Gasteiger partial charge in [-0.2, -0.15) is 11.1 Å². The molecule has 0 aromatic heterocycles. The fourth-order valence-electron chi connectivity index (χ4n) is 3.07. The van der Waals surface area contributed by atoms with Gasteiger partial charge in [-0.3, -0.25) is 6.08 Å². The first kappa shape index (κ1) is 24.3. The molecule has 3 aromatic carbocycles. The average molecular weight is 449 g/mol. The predicted octanol–water partition coefficient (Wildman–Crippen LogP) is 0.439. The topological polar surface area (TPSA) is 0 Å². The second-order valence-corrected chi connectivity index (χ2v) is 6.12. The minimum Gasteiger partial charge on any atom is -1.00 e. The van der Waals surface area contributed by atoms with E-state index in [9.17, 15) is 0 Å². The van der Waals surface area contributed by atoms with Crippen LogP contribution in [0.4, 0.5) is 0 Å². The van der Waals surface area contributed by atoms with Crippen LogP contribution in [-0.2, 0) is 26.2 Å². The van der Waals surface area contributed by atoms with Crippen LogP contribution in [0.5, 0.6) is 0 Å². The SMILES string of the molecule is CC1=[C-]C(C)C(C)=C1C.[Cl-].[Cl-].[Zr+4].c1ccc2c(c1)[cH-]c1ccccc12. The van der Waals surface area contributed by atoms with E-state index in [4.69, 9.17) is 0 Å². The Kier molecular flexibility index (Phi) is 10.1. The molecule has 0 bridgehead atoms. The predicted molar refractivity (Wildman–Crippen MR) is 97.0 cm³/mol. The van der Waals surface area contributed by atoms with Gasteiger partial charge in [-0.15, -0.1) is 46.7 Å². The number of allylic oxidation sites excluding steroid dienone is 4. The molecule has 0 saturated carbocycles. The van der Waals surface area contributed by atoms with Crippen LogP contribution in [0.15, 0.2) is 71.3 Å². The standard InChI is InChI=1S/C13H9.C9H13.2ClH.Zr/c1-3-7-12-10(5-1)9-11-6-2-4-8-13(11)12;1-6-5-7(2)9(4)8(6)3;;;/h1-9H;6H,1-4H3;2*1H;/q2*-1;;;+4/p-2. The number of halogens is 2. The maximum absolute atomic E-state index is 3.36. The van der Waals surface area contributed by atoms with Crippen molar-refractivity contribution in [3.05, 3.63) is 77.4 Å². The number of fused-ring (bicyclic) bond motifs is 3. The molecule has 3 heteroatoms. The molecule has 1 aliphatic carbocycles. The summed E-state index contributed by atoms with van der Waals surface area (Å²) in [5.41, 5.74) is 4.25. The molecular formula is C22H22Cl2Zr. The molecule has 0 aliphatic heterocycles. The molecule has 1 atom stereocenters. The Hall–Kier alpha value is -0.747. The first-order valence-corrected chi connectivity index (χ1v) is 7.89. The van der Waals surface area contributed by atoms with E-state index in [1.54, 1.807) is 0 Å². The summed E-state index contributed by atoms with van der Waals surface area (Å²) >= 11 is 0. The van der Waals surface area contributed by atoms with Gasteiger partial charge in [-0.05, 0) is 0 Å². The van der Waals surface area contributed by atoms with Gasteiger partial charge in [0.1, 0.15) is 0 Å². The van der Waals surface area contributed by atoms with Crippen molar-refractivity contribution < 1.29 is 51.0 Å². The zero-order valence-corrected chi connectivity index (χ0v) is 19.0. The first-order chi connectivity index (χ1) is 10.6. The molecule has 0 fully saturated rings. The van der Waals surface area contributed by atoms with E-state index in [1.807, 2.05) is 0 Å². The average Bonchev–Trinajstić information content (AvgIpc) is 3.01. The molecule has 3 aromatic rings. The van der Waals surface area contributed by atoms with E-state index >= 15 is 0 Å². The molecule has 1 aliphatic rings. The van der Waals surface area contributed by atoms with Crippen molar-refractivity contribution in [2.24, 2.45) is 5.92 Å². The molecule has 25 heavy (non-hydrogen) atoms. The van der Waals surface area contributed by atoms with Gasteiger partial charge in [0.2, 0.25) is 0 Å². The second-order valence-electron chi connectivity index (χ2n) is 6.12. The molecule has 1 unspecified atom stereocenters. The van der Waals surface area contributed by atoms with E-state index in [0.29, 0.717) is 5.92 Å². The van der Waals surface area contributed by atoms with Crippen molar-refractivity contribution in [2.75, 3.05) is 0 Å². The zero-order chi connectivity index (χ0) is 15.7. The largest absolute Gasteiger partial charge is 4.00 e. The van der Waals surface area contributed by atoms with Crippen molar-refractivity contribution in [1.82, 2.24) is 0 Å². The smallest absolute Gasteiger partial charge is 1.00 e. The third-order valence-corrected chi connectivity index (χ3v) is 4.76. The second kappa shape index (κ2) is 10.4. The Morgan fingerprint density at radius 1 is 0.800 bits per heavy atom. The number of benzene rings is 2. The minimum absolute atomic E-state index is 0. The van der Waals surface area contributed by atoms with Gasteiger partial charge < -0.3 is 24.8 Å². The van der Waals surface area contributed by atoms with Crippen molar-refractivity contribution in [2.45, 2.75) is 27.7 Å². The number of hydrogen-bond donors (Lipinski definition) is 0. The maximum atomic E-state index is 3.36. The van der Waals surface area contributed by atoms with Gasteiger partial charge in [-0.1, -0.05) is 63.1 Å². The summed E-state index contributed by atoms with van der Waals surface area (Å²) in [7, 11) is 0. The molecular weight excluding hydrogens is 426 g/mol. The maximum Gasteiger partial charge on any atom is 4.00 e. The van der Waals surface area contributed by atoms with Crippen LogP contribution in [0.25, 0.3) is 21.5 Å². The van der Waals surface area contributed by atoms with Crippen LogP contribution in [0, 0.1) is 12.0 Å². The van der Waals surface area contributed by atoms with Crippen LogP contribution in [0.1, 0.15) is 27.7 Å². The van der Waals surface area contributed by atoms with Gasteiger partial charge in [0.15, 0.2) is 0 Å². The van der Waals surface area contributed by atoms with Crippen LogP contribution in [0.2, 0.25) is 0 Å². The van der Waals surface area contributed by atoms with Crippen LogP contribution >= 0.6 is 0 Å². The number of rotatable bonds is 0. The summed E-state index contributed by atoms with van der Waals surface area (Å²) in [6, 6.07) is 19.3. The van der Waals surface area contributed by atoms with Gasteiger partial charge in [0.05, 0.1) is 0 Å². The third kappa shape index (κ3) is 5.13. The summed E-state index contributed by atoms with van der Waals surface area (Å²) in [6.07, 6.45) is 3.36. The fourth-order valence-corrected chi connectivity index (χ4v) is 3.07. The monoisotopic (exact) mass is 446 g/mol. The van der Waals surface area contributed by atoms with E-state index in [-0.39, 0.29) is 51.0 Å². The van der Waals surface area contributed by atoms with Crippen molar-refractivity contribution in [1.29, 1.82) is 0 Å². The Balaban J connectivity index is 0.000000435. The Morgan fingerprint density at radius 2 is 1.24 bits per heavy atom. The van der Waals surface area contributed by atoms with Crippen LogP contribution in [0.3, 0.4) is 0 Å².